The summed E-state index contributed by atoms with van der Waals surface area (Å²) in [6.07, 6.45) is 4.25. The van der Waals surface area contributed by atoms with E-state index in [2.05, 4.69) is 36.4 Å². The molecule has 2 aromatic carbocycles. The lowest BCUT2D eigenvalue weighted by Gasteiger charge is -2.65. The Morgan fingerprint density at radius 1 is 0.647 bits per heavy atom. The van der Waals surface area contributed by atoms with E-state index < -0.39 is 11.8 Å². The van der Waals surface area contributed by atoms with Crippen LogP contribution in [0.1, 0.15) is 11.1 Å². The Kier molecular flexibility index (Phi) is 4.97. The van der Waals surface area contributed by atoms with E-state index in [1.54, 1.807) is 0 Å². The van der Waals surface area contributed by atoms with E-state index in [1.165, 1.54) is 14.2 Å². The number of carbonyl (C=O) groups is 2. The number of carbonyl (C=O) groups excluding carboxylic acids is 2. The van der Waals surface area contributed by atoms with Crippen LogP contribution >= 0.6 is 0 Å². The molecule has 4 aliphatic carbocycles. The third-order valence-electron chi connectivity index (χ3n) is 8.30. The molecule has 0 radical (unpaired) electrons. The maximum absolute atomic E-state index is 12.9. The second-order valence-electron chi connectivity index (χ2n) is 9.55. The van der Waals surface area contributed by atoms with Gasteiger partial charge in [-0.2, -0.15) is 10.2 Å². The third-order valence-corrected chi connectivity index (χ3v) is 8.30. The van der Waals surface area contributed by atoms with Gasteiger partial charge in [0.2, 0.25) is 0 Å². The highest BCUT2D eigenvalue weighted by Crippen LogP contribution is 2.66. The number of allylic oxidation sites excluding steroid dienone is 2. The van der Waals surface area contributed by atoms with E-state index in [0.29, 0.717) is 0 Å². The molecule has 0 amide bonds. The van der Waals surface area contributed by atoms with Gasteiger partial charge in [0.15, 0.2) is 0 Å². The SMILES string of the molecule is COC(=O)C1C2C=CC(C1C(=O)OC)C1C3C(c4ccccc4)=NN=C(c4ccccc4)C3C21. The van der Waals surface area contributed by atoms with Crippen LogP contribution in [0.3, 0.4) is 0 Å². The number of fused-ring (bicyclic) bond motifs is 2. The van der Waals surface area contributed by atoms with Crippen molar-refractivity contribution in [2.45, 2.75) is 0 Å². The second-order valence-corrected chi connectivity index (χ2v) is 9.55. The highest BCUT2D eigenvalue weighted by atomic mass is 16.5. The standard InChI is InChI=1S/C28H26N2O4/c1-33-27(31)21-17-13-14-18(22(21)28(32)34-2)20-19(17)23-24(20)26(16-11-7-4-8-12-16)30-29-25(23)15-9-5-3-6-10-15/h3-14,17-24H,1-2H3. The Morgan fingerprint density at radius 2 is 1.03 bits per heavy atom. The number of hydrogen-bond acceptors (Lipinski definition) is 6. The maximum Gasteiger partial charge on any atom is 0.310 e. The molecule has 5 aliphatic rings. The van der Waals surface area contributed by atoms with Gasteiger partial charge in [0, 0.05) is 11.8 Å². The number of benzene rings is 2. The Bertz CT molecular complexity index is 1120. The van der Waals surface area contributed by atoms with Crippen molar-refractivity contribution in [3.63, 3.8) is 0 Å². The second kappa shape index (κ2) is 8.05. The molecule has 8 unspecified atom stereocenters. The molecule has 172 valence electrons. The summed E-state index contributed by atoms with van der Waals surface area (Å²) in [4.78, 5) is 25.9. The Hall–Kier alpha value is -3.54. The Labute approximate surface area is 198 Å². The van der Waals surface area contributed by atoms with Crippen molar-refractivity contribution in [2.75, 3.05) is 14.2 Å². The summed E-state index contributed by atoms with van der Waals surface area (Å²) in [5.74, 6) is -1.43. The van der Waals surface area contributed by atoms with Crippen molar-refractivity contribution in [2.24, 2.45) is 57.5 Å². The van der Waals surface area contributed by atoms with Crippen molar-refractivity contribution < 1.29 is 19.1 Å². The van der Waals surface area contributed by atoms with Crippen LogP contribution in [0, 0.1) is 47.3 Å². The van der Waals surface area contributed by atoms with Crippen LogP contribution in [0.5, 0.6) is 0 Å². The predicted octanol–water partition coefficient (Wildman–Crippen LogP) is 3.77. The normalized spacial score (nSPS) is 34.6. The molecule has 2 bridgehead atoms. The molecule has 0 saturated heterocycles. The number of ether oxygens (including phenoxy) is 2. The minimum Gasteiger partial charge on any atom is -0.469 e. The largest absolute Gasteiger partial charge is 0.469 e. The fourth-order valence-corrected chi connectivity index (χ4v) is 7.06. The molecule has 6 nitrogen and oxygen atoms in total. The zero-order valence-corrected chi connectivity index (χ0v) is 19.1. The first-order chi connectivity index (χ1) is 16.7. The first kappa shape index (κ1) is 21.0. The lowest BCUT2D eigenvalue weighted by Crippen LogP contribution is -2.68. The molecule has 8 atom stereocenters. The number of rotatable bonds is 4. The summed E-state index contributed by atoms with van der Waals surface area (Å²) in [6, 6.07) is 20.3. The molecule has 7 rings (SSSR count). The van der Waals surface area contributed by atoms with Crippen LogP contribution in [-0.4, -0.2) is 37.6 Å². The smallest absolute Gasteiger partial charge is 0.310 e. The van der Waals surface area contributed by atoms with Crippen molar-refractivity contribution in [3.8, 4) is 0 Å². The van der Waals surface area contributed by atoms with Crippen molar-refractivity contribution in [1.82, 2.24) is 0 Å². The lowest BCUT2D eigenvalue weighted by molar-refractivity contribution is -0.180. The van der Waals surface area contributed by atoms with Crippen LogP contribution in [0.4, 0.5) is 0 Å². The van der Waals surface area contributed by atoms with Gasteiger partial charge < -0.3 is 9.47 Å². The molecule has 0 aromatic heterocycles. The molecule has 2 fully saturated rings. The average molecular weight is 455 g/mol. The van der Waals surface area contributed by atoms with Gasteiger partial charge in [-0.3, -0.25) is 9.59 Å². The Morgan fingerprint density at radius 3 is 1.38 bits per heavy atom. The monoisotopic (exact) mass is 454 g/mol. The molecule has 6 heteroatoms. The van der Waals surface area contributed by atoms with E-state index in [9.17, 15) is 9.59 Å². The van der Waals surface area contributed by atoms with E-state index in [-0.39, 0.29) is 47.4 Å². The van der Waals surface area contributed by atoms with Gasteiger partial charge in [-0.15, -0.1) is 0 Å². The van der Waals surface area contributed by atoms with E-state index >= 15 is 0 Å². The molecular weight excluding hydrogens is 428 g/mol. The lowest BCUT2D eigenvalue weighted by atomic mass is 9.37. The van der Waals surface area contributed by atoms with Crippen molar-refractivity contribution >= 4 is 23.4 Å². The van der Waals surface area contributed by atoms with E-state index in [0.717, 1.165) is 22.6 Å². The zero-order chi connectivity index (χ0) is 23.4. The van der Waals surface area contributed by atoms with Crippen molar-refractivity contribution in [3.05, 3.63) is 83.9 Å². The molecular formula is C28H26N2O4. The van der Waals surface area contributed by atoms with Crippen LogP contribution in [0.25, 0.3) is 0 Å². The van der Waals surface area contributed by atoms with Crippen LogP contribution in [-0.2, 0) is 19.1 Å². The third kappa shape index (κ3) is 2.87. The van der Waals surface area contributed by atoms with Crippen LogP contribution in [0.2, 0.25) is 0 Å². The quantitative estimate of drug-likeness (QED) is 0.521. The van der Waals surface area contributed by atoms with Gasteiger partial charge in [0.1, 0.15) is 0 Å². The molecule has 1 heterocycles. The fraction of sp³-hybridized carbons (Fsp3) is 0.357. The van der Waals surface area contributed by atoms with Crippen molar-refractivity contribution in [1.29, 1.82) is 0 Å². The first-order valence-electron chi connectivity index (χ1n) is 11.8. The summed E-state index contributed by atoms with van der Waals surface area (Å²) >= 11 is 0. The molecule has 2 aromatic rings. The highest BCUT2D eigenvalue weighted by Gasteiger charge is 2.69. The van der Waals surface area contributed by atoms with Gasteiger partial charge >= 0.3 is 11.9 Å². The molecule has 2 saturated carbocycles. The highest BCUT2D eigenvalue weighted by molar-refractivity contribution is 6.13. The summed E-state index contributed by atoms with van der Waals surface area (Å²) in [5.41, 5.74) is 4.03. The summed E-state index contributed by atoms with van der Waals surface area (Å²) in [7, 11) is 2.78. The molecule has 34 heavy (non-hydrogen) atoms. The Balaban J connectivity index is 1.49. The number of hydrogen-bond donors (Lipinski definition) is 0. The van der Waals surface area contributed by atoms with Gasteiger partial charge in [0.25, 0.3) is 0 Å². The predicted molar refractivity (Wildman–Crippen MR) is 127 cm³/mol. The van der Waals surface area contributed by atoms with Gasteiger partial charge in [-0.25, -0.2) is 0 Å². The number of methoxy groups -OCH3 is 2. The fourth-order valence-electron chi connectivity index (χ4n) is 7.06. The van der Waals surface area contributed by atoms with E-state index in [4.69, 9.17) is 19.7 Å². The van der Waals surface area contributed by atoms with Gasteiger partial charge in [-0.05, 0) is 34.8 Å². The number of nitrogens with zero attached hydrogens (tertiary/aromatic N) is 2. The van der Waals surface area contributed by atoms with Gasteiger partial charge in [-0.1, -0.05) is 72.8 Å². The summed E-state index contributed by atoms with van der Waals surface area (Å²) in [6.45, 7) is 0. The summed E-state index contributed by atoms with van der Waals surface area (Å²) in [5, 5.41) is 9.50. The molecule has 1 aliphatic heterocycles. The maximum atomic E-state index is 12.9. The number of esters is 2. The zero-order valence-electron chi connectivity index (χ0n) is 19.1. The minimum absolute atomic E-state index is 0.114. The van der Waals surface area contributed by atoms with Crippen LogP contribution in [0.15, 0.2) is 83.0 Å². The first-order valence-corrected chi connectivity index (χ1v) is 11.8. The molecule has 0 N–H and O–H groups in total. The van der Waals surface area contributed by atoms with Gasteiger partial charge in [0.05, 0.1) is 37.5 Å². The van der Waals surface area contributed by atoms with E-state index in [1.807, 2.05) is 36.4 Å². The van der Waals surface area contributed by atoms with Crippen LogP contribution < -0.4 is 0 Å². The average Bonchev–Trinajstić information content (AvgIpc) is 2.89. The molecule has 0 spiro atoms. The summed E-state index contributed by atoms with van der Waals surface area (Å²) < 4.78 is 10.4. The topological polar surface area (TPSA) is 77.3 Å². The minimum atomic E-state index is -0.550.